The first-order valence-corrected chi connectivity index (χ1v) is 8.62. The Morgan fingerprint density at radius 3 is 3.00 bits per heavy atom. The number of benzene rings is 1. The van der Waals surface area contributed by atoms with Crippen molar-refractivity contribution in [2.24, 2.45) is 0 Å². The zero-order chi connectivity index (χ0) is 17.7. The molecule has 130 valence electrons. The van der Waals surface area contributed by atoms with Crippen LogP contribution in [0.2, 0.25) is 0 Å². The lowest BCUT2D eigenvalue weighted by atomic mass is 10.0. The minimum Gasteiger partial charge on any atom is -0.341 e. The zero-order valence-corrected chi connectivity index (χ0v) is 14.2. The van der Waals surface area contributed by atoms with Crippen molar-refractivity contribution in [1.29, 1.82) is 0 Å². The summed E-state index contributed by atoms with van der Waals surface area (Å²) in [5.74, 6) is 2.07. The maximum absolute atomic E-state index is 12.2. The Morgan fingerprint density at radius 1 is 1.27 bits per heavy atom. The number of H-pyrrole nitrogens is 1. The summed E-state index contributed by atoms with van der Waals surface area (Å²) in [5.41, 5.74) is 3.86. The monoisotopic (exact) mass is 347 g/mol. The first-order chi connectivity index (χ1) is 12.7. The molecule has 1 atom stereocenters. The van der Waals surface area contributed by atoms with E-state index in [0.29, 0.717) is 5.82 Å². The smallest absolute Gasteiger partial charge is 0.248 e. The largest absolute Gasteiger partial charge is 0.341 e. The molecular formula is C18H17N7O. The van der Waals surface area contributed by atoms with E-state index in [1.807, 2.05) is 19.1 Å². The second kappa shape index (κ2) is 5.62. The maximum atomic E-state index is 12.2. The lowest BCUT2D eigenvalue weighted by Crippen LogP contribution is -2.44. The number of hydrogen-bond acceptors (Lipinski definition) is 6. The third-order valence-corrected chi connectivity index (χ3v) is 5.01. The molecule has 0 unspecified atom stereocenters. The molecule has 2 aromatic heterocycles. The van der Waals surface area contributed by atoms with E-state index in [-0.39, 0.29) is 11.9 Å². The molecule has 0 spiro atoms. The van der Waals surface area contributed by atoms with Gasteiger partial charge in [0.1, 0.15) is 12.4 Å². The second-order valence-electron chi connectivity index (χ2n) is 6.63. The van der Waals surface area contributed by atoms with Crippen LogP contribution in [0.1, 0.15) is 18.4 Å². The van der Waals surface area contributed by atoms with Gasteiger partial charge in [0, 0.05) is 17.7 Å². The Balaban J connectivity index is 1.55. The first-order valence-electron chi connectivity index (χ1n) is 8.62. The van der Waals surface area contributed by atoms with Crippen LogP contribution in [0.3, 0.4) is 0 Å². The number of anilines is 2. The number of fused-ring (bicyclic) bond motifs is 3. The van der Waals surface area contributed by atoms with E-state index in [0.717, 1.165) is 53.4 Å². The summed E-state index contributed by atoms with van der Waals surface area (Å²) >= 11 is 0. The van der Waals surface area contributed by atoms with Crippen molar-refractivity contribution in [3.63, 3.8) is 0 Å². The van der Waals surface area contributed by atoms with Crippen LogP contribution in [0.4, 0.5) is 11.6 Å². The van der Waals surface area contributed by atoms with E-state index in [9.17, 15) is 4.79 Å². The lowest BCUT2D eigenvalue weighted by molar-refractivity contribution is -0.117. The Morgan fingerprint density at radius 2 is 2.19 bits per heavy atom. The summed E-state index contributed by atoms with van der Waals surface area (Å²) in [7, 11) is 0. The summed E-state index contributed by atoms with van der Waals surface area (Å²) in [6.07, 6.45) is 5.07. The number of aromatic nitrogens is 5. The quantitative estimate of drug-likeness (QED) is 0.737. The number of nitrogens with zero attached hydrogens (tertiary/aromatic N) is 5. The molecule has 2 aliphatic rings. The topological polar surface area (TPSA) is 99.7 Å². The third-order valence-electron chi connectivity index (χ3n) is 5.01. The average molecular weight is 347 g/mol. The van der Waals surface area contributed by atoms with Crippen LogP contribution >= 0.6 is 0 Å². The molecule has 3 aromatic rings. The number of rotatable bonds is 2. The minimum atomic E-state index is -0.123. The molecule has 0 saturated carbocycles. The second-order valence-corrected chi connectivity index (χ2v) is 6.63. The summed E-state index contributed by atoms with van der Waals surface area (Å²) < 4.78 is 0. The Bertz CT molecular complexity index is 999. The molecular weight excluding hydrogens is 330 g/mol. The van der Waals surface area contributed by atoms with Crippen LogP contribution in [0.5, 0.6) is 0 Å². The van der Waals surface area contributed by atoms with E-state index >= 15 is 0 Å². The molecule has 0 aliphatic carbocycles. The summed E-state index contributed by atoms with van der Waals surface area (Å²) in [4.78, 5) is 27.7. The molecule has 0 radical (unpaired) electrons. The van der Waals surface area contributed by atoms with Crippen LogP contribution in [0, 0.1) is 6.92 Å². The van der Waals surface area contributed by atoms with E-state index in [2.05, 4.69) is 36.4 Å². The van der Waals surface area contributed by atoms with Gasteiger partial charge in [0.2, 0.25) is 5.91 Å². The third kappa shape index (κ3) is 2.26. The number of nitrogens with one attached hydrogen (secondary N) is 2. The van der Waals surface area contributed by atoms with Gasteiger partial charge in [-0.1, -0.05) is 12.1 Å². The van der Waals surface area contributed by atoms with Crippen LogP contribution in [0.25, 0.3) is 22.6 Å². The van der Waals surface area contributed by atoms with Crippen molar-refractivity contribution >= 4 is 17.5 Å². The van der Waals surface area contributed by atoms with Crippen molar-refractivity contribution in [1.82, 2.24) is 25.1 Å². The van der Waals surface area contributed by atoms with Gasteiger partial charge in [0.25, 0.3) is 0 Å². The number of carbonyl (C=O) groups is 1. The Hall–Kier alpha value is -3.29. The zero-order valence-electron chi connectivity index (χ0n) is 14.2. The highest BCUT2D eigenvalue weighted by Gasteiger charge is 2.38. The fraction of sp³-hybridized carbons (Fsp3) is 0.278. The van der Waals surface area contributed by atoms with Crippen molar-refractivity contribution in [2.45, 2.75) is 25.8 Å². The molecule has 4 heterocycles. The summed E-state index contributed by atoms with van der Waals surface area (Å²) in [5, 5.41) is 9.65. The fourth-order valence-electron chi connectivity index (χ4n) is 3.73. The number of amides is 1. The van der Waals surface area contributed by atoms with Gasteiger partial charge in [-0.15, -0.1) is 0 Å². The molecule has 1 saturated heterocycles. The van der Waals surface area contributed by atoms with Gasteiger partial charge >= 0.3 is 0 Å². The van der Waals surface area contributed by atoms with Crippen molar-refractivity contribution < 1.29 is 4.79 Å². The van der Waals surface area contributed by atoms with Gasteiger partial charge in [-0.05, 0) is 31.4 Å². The highest BCUT2D eigenvalue weighted by Crippen LogP contribution is 2.36. The lowest BCUT2D eigenvalue weighted by Gasteiger charge is -2.31. The Kier molecular flexibility index (Phi) is 3.24. The van der Waals surface area contributed by atoms with Gasteiger partial charge in [-0.3, -0.25) is 9.89 Å². The molecule has 5 rings (SSSR count). The van der Waals surface area contributed by atoms with E-state index in [4.69, 9.17) is 4.98 Å². The predicted molar refractivity (Wildman–Crippen MR) is 96.6 cm³/mol. The number of carbonyl (C=O) groups excluding carboxylic acids is 1. The van der Waals surface area contributed by atoms with Crippen LogP contribution in [0.15, 0.2) is 30.7 Å². The van der Waals surface area contributed by atoms with Gasteiger partial charge in [-0.25, -0.2) is 15.0 Å². The van der Waals surface area contributed by atoms with Gasteiger partial charge in [0.15, 0.2) is 17.5 Å². The highest BCUT2D eigenvalue weighted by molar-refractivity contribution is 6.02. The number of hydrogen-bond donors (Lipinski definition) is 2. The fourth-order valence-corrected chi connectivity index (χ4v) is 3.73. The predicted octanol–water partition coefficient (Wildman–Crippen LogP) is 2.16. The standard InChI is InChI=1S/C18H17N7O/c1-10-7-11(15-20-9-21-24-15)4-5-12(10)13-8-19-16-17(22-13)25-6-2-3-14(25)18(26)23-16/h4-5,7-9,14H,2-3,6H2,1H3,(H,19,23,26)(H,20,21,24)/t14-/m0/s1. The molecule has 1 fully saturated rings. The summed E-state index contributed by atoms with van der Waals surface area (Å²) in [6, 6.07) is 5.94. The van der Waals surface area contributed by atoms with Crippen LogP contribution < -0.4 is 10.2 Å². The molecule has 8 heteroatoms. The molecule has 1 aromatic carbocycles. The number of aromatic amines is 1. The van der Waals surface area contributed by atoms with Crippen LogP contribution in [-0.2, 0) is 4.79 Å². The van der Waals surface area contributed by atoms with Gasteiger partial charge in [-0.2, -0.15) is 5.10 Å². The van der Waals surface area contributed by atoms with E-state index < -0.39 is 0 Å². The summed E-state index contributed by atoms with van der Waals surface area (Å²) in [6.45, 7) is 2.88. The normalized spacial score (nSPS) is 18.4. The van der Waals surface area contributed by atoms with Crippen LogP contribution in [-0.4, -0.2) is 43.6 Å². The Labute approximate surface area is 149 Å². The molecule has 8 nitrogen and oxygen atoms in total. The van der Waals surface area contributed by atoms with E-state index in [1.165, 1.54) is 6.33 Å². The molecule has 26 heavy (non-hydrogen) atoms. The van der Waals surface area contributed by atoms with Gasteiger partial charge < -0.3 is 10.2 Å². The van der Waals surface area contributed by atoms with Gasteiger partial charge in [0.05, 0.1) is 11.9 Å². The minimum absolute atomic E-state index is 0.0182. The first kappa shape index (κ1) is 15.0. The maximum Gasteiger partial charge on any atom is 0.248 e. The average Bonchev–Trinajstić information content (AvgIpc) is 3.34. The SMILES string of the molecule is Cc1cc(-c2ncn[nH]2)ccc1-c1cnc2c(n1)N1CCC[C@H]1C(=O)N2. The molecule has 0 bridgehead atoms. The number of aryl methyl sites for hydroxylation is 1. The van der Waals surface area contributed by atoms with E-state index in [1.54, 1.807) is 6.20 Å². The highest BCUT2D eigenvalue weighted by atomic mass is 16.2. The van der Waals surface area contributed by atoms with Crippen molar-refractivity contribution in [2.75, 3.05) is 16.8 Å². The molecule has 2 N–H and O–H groups in total. The molecule has 2 aliphatic heterocycles. The molecule has 1 amide bonds. The van der Waals surface area contributed by atoms with Crippen molar-refractivity contribution in [3.05, 3.63) is 36.3 Å². The van der Waals surface area contributed by atoms with Crippen molar-refractivity contribution in [3.8, 4) is 22.6 Å².